The van der Waals surface area contributed by atoms with Crippen molar-refractivity contribution in [2.75, 3.05) is 20.2 Å². The molecule has 0 saturated carbocycles. The van der Waals surface area contributed by atoms with Crippen molar-refractivity contribution >= 4 is 0 Å². The average molecular weight is 235 g/mol. The van der Waals surface area contributed by atoms with Gasteiger partial charge in [-0.25, -0.2) is 4.39 Å². The second kappa shape index (κ2) is 7.05. The molecule has 0 bridgehead atoms. The Kier molecular flexibility index (Phi) is 5.68. The molecular weight excluding hydrogens is 217 g/mol. The Labute approximate surface area is 102 Å². The van der Waals surface area contributed by atoms with Crippen molar-refractivity contribution in [3.8, 4) is 11.8 Å². The van der Waals surface area contributed by atoms with E-state index in [4.69, 9.17) is 5.11 Å². The predicted molar refractivity (Wildman–Crippen MR) is 67.0 cm³/mol. The Hall–Kier alpha value is -1.37. The molecule has 1 aromatic rings. The first kappa shape index (κ1) is 13.7. The van der Waals surface area contributed by atoms with Crippen molar-refractivity contribution in [3.05, 3.63) is 35.1 Å². The fourth-order valence-corrected chi connectivity index (χ4v) is 1.65. The highest BCUT2D eigenvalue weighted by molar-refractivity contribution is 5.37. The fourth-order valence-electron chi connectivity index (χ4n) is 1.65. The molecule has 0 atom stereocenters. The van der Waals surface area contributed by atoms with Gasteiger partial charge >= 0.3 is 0 Å². The second-order valence-electron chi connectivity index (χ2n) is 4.00. The molecule has 0 aromatic heterocycles. The molecule has 0 spiro atoms. The van der Waals surface area contributed by atoms with Gasteiger partial charge in [-0.3, -0.25) is 0 Å². The van der Waals surface area contributed by atoms with Gasteiger partial charge < -0.3 is 10.0 Å². The number of hydrogen-bond donors (Lipinski definition) is 1. The van der Waals surface area contributed by atoms with Gasteiger partial charge in [0, 0.05) is 17.7 Å². The summed E-state index contributed by atoms with van der Waals surface area (Å²) in [5.41, 5.74) is 1.27. The lowest BCUT2D eigenvalue weighted by Crippen LogP contribution is -2.19. The van der Waals surface area contributed by atoms with Crippen molar-refractivity contribution in [1.82, 2.24) is 4.90 Å². The minimum atomic E-state index is -0.238. The lowest BCUT2D eigenvalue weighted by molar-refractivity contribution is 0.322. The van der Waals surface area contributed by atoms with Crippen molar-refractivity contribution in [2.24, 2.45) is 0 Å². The highest BCUT2D eigenvalue weighted by Crippen LogP contribution is 2.12. The van der Waals surface area contributed by atoms with E-state index >= 15 is 0 Å². The lowest BCUT2D eigenvalue weighted by Gasteiger charge is -2.15. The predicted octanol–water partition coefficient (Wildman–Crippen LogP) is 2.01. The summed E-state index contributed by atoms with van der Waals surface area (Å²) in [6.45, 7) is 3.45. The van der Waals surface area contributed by atoms with Crippen LogP contribution in [0, 0.1) is 17.7 Å². The van der Waals surface area contributed by atoms with Gasteiger partial charge in [-0.1, -0.05) is 24.8 Å². The summed E-state index contributed by atoms with van der Waals surface area (Å²) < 4.78 is 13.7. The quantitative estimate of drug-likeness (QED) is 0.807. The maximum atomic E-state index is 13.7. The Bertz CT molecular complexity index is 420. The Morgan fingerprint density at radius 1 is 1.41 bits per heavy atom. The smallest absolute Gasteiger partial charge is 0.128 e. The van der Waals surface area contributed by atoms with Crippen molar-refractivity contribution in [1.29, 1.82) is 0 Å². The average Bonchev–Trinajstić information content (AvgIpc) is 2.30. The van der Waals surface area contributed by atoms with Gasteiger partial charge in [-0.15, -0.1) is 0 Å². The van der Waals surface area contributed by atoms with E-state index < -0.39 is 0 Å². The van der Waals surface area contributed by atoms with Gasteiger partial charge in [0.1, 0.15) is 12.4 Å². The highest BCUT2D eigenvalue weighted by Gasteiger charge is 2.05. The van der Waals surface area contributed by atoms with Crippen LogP contribution in [-0.2, 0) is 6.54 Å². The van der Waals surface area contributed by atoms with Gasteiger partial charge in [-0.05, 0) is 32.1 Å². The van der Waals surface area contributed by atoms with Crippen LogP contribution in [0.25, 0.3) is 0 Å². The Morgan fingerprint density at radius 2 is 2.18 bits per heavy atom. The summed E-state index contributed by atoms with van der Waals surface area (Å²) in [5.74, 6) is 4.95. The zero-order valence-corrected chi connectivity index (χ0v) is 10.3. The van der Waals surface area contributed by atoms with E-state index in [9.17, 15) is 4.39 Å². The van der Waals surface area contributed by atoms with Gasteiger partial charge in [0.25, 0.3) is 0 Å². The van der Waals surface area contributed by atoms with Crippen LogP contribution in [0.2, 0.25) is 0 Å². The molecule has 0 unspecified atom stereocenters. The fraction of sp³-hybridized carbons (Fsp3) is 0.429. The summed E-state index contributed by atoms with van der Waals surface area (Å²) >= 11 is 0. The van der Waals surface area contributed by atoms with Crippen LogP contribution in [0.4, 0.5) is 4.39 Å². The second-order valence-corrected chi connectivity index (χ2v) is 4.00. The van der Waals surface area contributed by atoms with Crippen LogP contribution in [0.3, 0.4) is 0 Å². The normalized spacial score (nSPS) is 10.2. The molecule has 0 amide bonds. The zero-order valence-electron chi connectivity index (χ0n) is 10.3. The number of rotatable bonds is 4. The SMILES string of the molecule is CCCN(C)Cc1ccc(C#CCO)cc1F. The molecule has 0 saturated heterocycles. The molecule has 92 valence electrons. The summed E-state index contributed by atoms with van der Waals surface area (Å²) in [4.78, 5) is 2.08. The van der Waals surface area contributed by atoms with Gasteiger partial charge in [-0.2, -0.15) is 0 Å². The molecule has 0 heterocycles. The maximum Gasteiger partial charge on any atom is 0.128 e. The number of hydrogen-bond acceptors (Lipinski definition) is 2. The first-order valence-corrected chi connectivity index (χ1v) is 5.74. The summed E-state index contributed by atoms with van der Waals surface area (Å²) in [7, 11) is 1.97. The molecule has 0 fully saturated rings. The molecule has 1 aromatic carbocycles. The van der Waals surface area contributed by atoms with Gasteiger partial charge in [0.05, 0.1) is 0 Å². The minimum Gasteiger partial charge on any atom is -0.384 e. The standard InChI is InChI=1S/C14H18FNO/c1-3-8-16(2)11-13-7-6-12(5-4-9-17)10-14(13)15/h6-7,10,17H,3,8-9,11H2,1-2H3. The van der Waals surface area contributed by atoms with Crippen LogP contribution in [0.15, 0.2) is 18.2 Å². The van der Waals surface area contributed by atoms with Crippen LogP contribution in [0.1, 0.15) is 24.5 Å². The van der Waals surface area contributed by atoms with Crippen molar-refractivity contribution in [3.63, 3.8) is 0 Å². The van der Waals surface area contributed by atoms with E-state index in [-0.39, 0.29) is 12.4 Å². The number of aliphatic hydroxyl groups is 1. The molecule has 2 nitrogen and oxygen atoms in total. The minimum absolute atomic E-state index is 0.206. The van der Waals surface area contributed by atoms with E-state index in [0.29, 0.717) is 17.7 Å². The van der Waals surface area contributed by atoms with Crippen LogP contribution in [-0.4, -0.2) is 30.2 Å². The third kappa shape index (κ3) is 4.56. The number of halogens is 1. The molecule has 3 heteroatoms. The number of benzene rings is 1. The molecule has 0 aliphatic carbocycles. The summed E-state index contributed by atoms with van der Waals surface area (Å²) in [5, 5.41) is 8.56. The lowest BCUT2D eigenvalue weighted by atomic mass is 10.1. The monoisotopic (exact) mass is 235 g/mol. The largest absolute Gasteiger partial charge is 0.384 e. The first-order chi connectivity index (χ1) is 8.17. The topological polar surface area (TPSA) is 23.5 Å². The van der Waals surface area contributed by atoms with E-state index in [1.54, 1.807) is 12.1 Å². The maximum absolute atomic E-state index is 13.7. The molecule has 0 aliphatic heterocycles. The van der Waals surface area contributed by atoms with Crippen LogP contribution < -0.4 is 0 Å². The van der Waals surface area contributed by atoms with Crippen molar-refractivity contribution < 1.29 is 9.50 Å². The number of aliphatic hydroxyl groups excluding tert-OH is 1. The van der Waals surface area contributed by atoms with E-state index in [1.807, 2.05) is 7.05 Å². The van der Waals surface area contributed by atoms with Crippen LogP contribution in [0.5, 0.6) is 0 Å². The molecule has 1 N–H and O–H groups in total. The number of nitrogens with zero attached hydrogens (tertiary/aromatic N) is 1. The third-order valence-corrected chi connectivity index (χ3v) is 2.41. The Morgan fingerprint density at radius 3 is 2.76 bits per heavy atom. The molecule has 0 aliphatic rings. The molecule has 1 rings (SSSR count). The zero-order chi connectivity index (χ0) is 12.7. The highest BCUT2D eigenvalue weighted by atomic mass is 19.1. The first-order valence-electron chi connectivity index (χ1n) is 5.74. The van der Waals surface area contributed by atoms with Gasteiger partial charge in [0.2, 0.25) is 0 Å². The molecule has 0 radical (unpaired) electrons. The van der Waals surface area contributed by atoms with Crippen molar-refractivity contribution in [2.45, 2.75) is 19.9 Å². The Balaban J connectivity index is 2.75. The van der Waals surface area contributed by atoms with Gasteiger partial charge in [0.15, 0.2) is 0 Å². The summed E-state index contributed by atoms with van der Waals surface area (Å²) in [6.07, 6.45) is 1.05. The molecule has 17 heavy (non-hydrogen) atoms. The van der Waals surface area contributed by atoms with Crippen LogP contribution >= 0.6 is 0 Å². The van der Waals surface area contributed by atoms with E-state index in [1.165, 1.54) is 6.07 Å². The van der Waals surface area contributed by atoms with E-state index in [2.05, 4.69) is 23.7 Å². The third-order valence-electron chi connectivity index (χ3n) is 2.41. The van der Waals surface area contributed by atoms with E-state index in [0.717, 1.165) is 13.0 Å². The molecular formula is C14H18FNO. The summed E-state index contributed by atoms with van der Waals surface area (Å²) in [6, 6.07) is 4.95.